The van der Waals surface area contributed by atoms with Crippen molar-refractivity contribution >= 4 is 17.2 Å². The molecule has 0 amide bonds. The van der Waals surface area contributed by atoms with Crippen LogP contribution in [0.1, 0.15) is 37.0 Å². The zero-order chi connectivity index (χ0) is 14.0. The quantitative estimate of drug-likeness (QED) is 0.860. The molecule has 2 rings (SSSR count). The van der Waals surface area contributed by atoms with Gasteiger partial charge in [-0.25, -0.2) is 0 Å². The minimum atomic E-state index is 0.481. The Bertz CT molecular complexity index is 460. The van der Waals surface area contributed by atoms with Crippen molar-refractivity contribution in [1.82, 2.24) is 4.90 Å². The number of hydrogen-bond acceptors (Lipinski definition) is 2. The van der Waals surface area contributed by atoms with Gasteiger partial charge in [0.2, 0.25) is 0 Å². The first-order chi connectivity index (χ1) is 8.95. The number of benzene rings is 1. The maximum Gasteiger partial charge on any atom is 0.103 e. The summed E-state index contributed by atoms with van der Waals surface area (Å²) in [6.45, 7) is 10.3. The van der Waals surface area contributed by atoms with Gasteiger partial charge in [0, 0.05) is 25.2 Å². The molecule has 3 heteroatoms. The van der Waals surface area contributed by atoms with Crippen LogP contribution in [-0.2, 0) is 6.54 Å². The van der Waals surface area contributed by atoms with Crippen LogP contribution in [0.25, 0.3) is 0 Å². The van der Waals surface area contributed by atoms with Crippen LogP contribution in [0.2, 0.25) is 0 Å². The third-order valence-electron chi connectivity index (χ3n) is 3.97. The standard InChI is InChI=1S/C16H24N2S/c1-11-6-12(2)9-18(8-11)10-15-5-4-14(16(17)19)7-13(15)3/h4-5,7,11-12H,6,8-10H2,1-3H3,(H2,17,19). The maximum absolute atomic E-state index is 5.67. The lowest BCUT2D eigenvalue weighted by Gasteiger charge is -2.35. The van der Waals surface area contributed by atoms with Crippen molar-refractivity contribution < 1.29 is 0 Å². The van der Waals surface area contributed by atoms with Crippen molar-refractivity contribution in [3.05, 3.63) is 34.9 Å². The molecule has 1 aromatic carbocycles. The highest BCUT2D eigenvalue weighted by Crippen LogP contribution is 2.23. The molecule has 1 heterocycles. The van der Waals surface area contributed by atoms with Gasteiger partial charge >= 0.3 is 0 Å². The lowest BCUT2D eigenvalue weighted by atomic mass is 9.91. The Morgan fingerprint density at radius 3 is 2.47 bits per heavy atom. The monoisotopic (exact) mass is 276 g/mol. The Balaban J connectivity index is 2.08. The van der Waals surface area contributed by atoms with Gasteiger partial charge in [0.15, 0.2) is 0 Å². The van der Waals surface area contributed by atoms with Crippen LogP contribution < -0.4 is 5.73 Å². The van der Waals surface area contributed by atoms with Gasteiger partial charge in [0.1, 0.15) is 4.99 Å². The molecule has 1 aromatic rings. The summed E-state index contributed by atoms with van der Waals surface area (Å²) in [5.74, 6) is 1.61. The van der Waals surface area contributed by atoms with E-state index in [1.165, 1.54) is 30.6 Å². The molecular formula is C16H24N2S. The number of nitrogens with two attached hydrogens (primary N) is 1. The highest BCUT2D eigenvalue weighted by atomic mass is 32.1. The van der Waals surface area contributed by atoms with E-state index < -0.39 is 0 Å². The highest BCUT2D eigenvalue weighted by molar-refractivity contribution is 7.80. The van der Waals surface area contributed by atoms with E-state index in [1.807, 2.05) is 6.07 Å². The van der Waals surface area contributed by atoms with Crippen molar-refractivity contribution in [2.45, 2.75) is 33.7 Å². The van der Waals surface area contributed by atoms with Crippen LogP contribution in [-0.4, -0.2) is 23.0 Å². The molecule has 1 saturated heterocycles. The summed E-state index contributed by atoms with van der Waals surface area (Å²) in [5, 5.41) is 0. The van der Waals surface area contributed by atoms with Crippen molar-refractivity contribution in [3.63, 3.8) is 0 Å². The molecule has 0 bridgehead atoms. The van der Waals surface area contributed by atoms with E-state index in [0.717, 1.165) is 23.9 Å². The van der Waals surface area contributed by atoms with Gasteiger partial charge in [-0.3, -0.25) is 4.90 Å². The molecule has 2 N–H and O–H groups in total. The van der Waals surface area contributed by atoms with Crippen LogP contribution in [0, 0.1) is 18.8 Å². The zero-order valence-electron chi connectivity index (χ0n) is 12.1. The summed E-state index contributed by atoms with van der Waals surface area (Å²) >= 11 is 5.02. The average molecular weight is 276 g/mol. The van der Waals surface area contributed by atoms with Crippen LogP contribution in [0.15, 0.2) is 18.2 Å². The molecule has 0 spiro atoms. The fourth-order valence-corrected chi connectivity index (χ4v) is 3.32. The molecule has 104 valence electrons. The van der Waals surface area contributed by atoms with E-state index in [1.54, 1.807) is 0 Å². The van der Waals surface area contributed by atoms with Gasteiger partial charge in [-0.05, 0) is 42.4 Å². The van der Waals surface area contributed by atoms with Crippen molar-refractivity contribution in [3.8, 4) is 0 Å². The maximum atomic E-state index is 5.67. The first-order valence-electron chi connectivity index (χ1n) is 7.07. The van der Waals surface area contributed by atoms with Gasteiger partial charge in [-0.1, -0.05) is 38.2 Å². The van der Waals surface area contributed by atoms with E-state index in [0.29, 0.717) is 4.99 Å². The smallest absolute Gasteiger partial charge is 0.103 e. The molecule has 2 nitrogen and oxygen atoms in total. The number of piperidine rings is 1. The summed E-state index contributed by atoms with van der Waals surface area (Å²) in [6, 6.07) is 6.32. The van der Waals surface area contributed by atoms with Crippen LogP contribution >= 0.6 is 12.2 Å². The molecule has 1 aliphatic rings. The lowest BCUT2D eigenvalue weighted by molar-refractivity contribution is 0.134. The van der Waals surface area contributed by atoms with E-state index in [9.17, 15) is 0 Å². The second-order valence-corrected chi connectivity index (χ2v) is 6.59. The predicted molar refractivity (Wildman–Crippen MR) is 85.3 cm³/mol. The third-order valence-corrected chi connectivity index (χ3v) is 4.20. The van der Waals surface area contributed by atoms with E-state index in [-0.39, 0.29) is 0 Å². The molecule has 0 aliphatic carbocycles. The number of likely N-dealkylation sites (tertiary alicyclic amines) is 1. The number of rotatable bonds is 3. The average Bonchev–Trinajstić information content (AvgIpc) is 2.30. The van der Waals surface area contributed by atoms with E-state index in [2.05, 4.69) is 37.8 Å². The number of nitrogens with zero attached hydrogens (tertiary/aromatic N) is 1. The molecular weight excluding hydrogens is 252 g/mol. The van der Waals surface area contributed by atoms with Gasteiger partial charge in [-0.15, -0.1) is 0 Å². The van der Waals surface area contributed by atoms with Crippen LogP contribution in [0.3, 0.4) is 0 Å². The summed E-state index contributed by atoms with van der Waals surface area (Å²) in [4.78, 5) is 3.05. The van der Waals surface area contributed by atoms with Crippen molar-refractivity contribution in [1.29, 1.82) is 0 Å². The number of aryl methyl sites for hydroxylation is 1. The SMILES string of the molecule is Cc1cc(C(N)=S)ccc1CN1CC(C)CC(C)C1. The first kappa shape index (κ1) is 14.5. The second kappa shape index (κ2) is 6.02. The first-order valence-corrected chi connectivity index (χ1v) is 7.48. The largest absolute Gasteiger partial charge is 0.389 e. The Morgan fingerprint density at radius 1 is 1.32 bits per heavy atom. The molecule has 0 saturated carbocycles. The Morgan fingerprint density at radius 2 is 1.95 bits per heavy atom. The minimum absolute atomic E-state index is 0.481. The van der Waals surface area contributed by atoms with Gasteiger partial charge < -0.3 is 5.73 Å². The Hall–Kier alpha value is -0.930. The van der Waals surface area contributed by atoms with Gasteiger partial charge in [0.05, 0.1) is 0 Å². The minimum Gasteiger partial charge on any atom is -0.389 e. The molecule has 0 aromatic heterocycles. The fourth-order valence-electron chi connectivity index (χ4n) is 3.19. The summed E-state index contributed by atoms with van der Waals surface area (Å²) in [7, 11) is 0. The molecule has 1 aliphatic heterocycles. The fraction of sp³-hybridized carbons (Fsp3) is 0.562. The van der Waals surface area contributed by atoms with Crippen molar-refractivity contribution in [2.24, 2.45) is 17.6 Å². The summed E-state index contributed by atoms with van der Waals surface area (Å²) < 4.78 is 0. The normalized spacial score (nSPS) is 24.4. The lowest BCUT2D eigenvalue weighted by Crippen LogP contribution is -2.38. The van der Waals surface area contributed by atoms with Crippen LogP contribution in [0.4, 0.5) is 0 Å². The van der Waals surface area contributed by atoms with E-state index in [4.69, 9.17) is 18.0 Å². The molecule has 2 atom stereocenters. The zero-order valence-corrected chi connectivity index (χ0v) is 13.0. The molecule has 2 unspecified atom stereocenters. The Kier molecular flexibility index (Phi) is 4.58. The number of hydrogen-bond donors (Lipinski definition) is 1. The summed E-state index contributed by atoms with van der Waals surface area (Å²) in [6.07, 6.45) is 1.36. The van der Waals surface area contributed by atoms with Crippen LogP contribution in [0.5, 0.6) is 0 Å². The molecule has 19 heavy (non-hydrogen) atoms. The van der Waals surface area contributed by atoms with Crippen molar-refractivity contribution in [2.75, 3.05) is 13.1 Å². The number of thiocarbonyl (C=S) groups is 1. The van der Waals surface area contributed by atoms with Gasteiger partial charge in [-0.2, -0.15) is 0 Å². The van der Waals surface area contributed by atoms with Gasteiger partial charge in [0.25, 0.3) is 0 Å². The second-order valence-electron chi connectivity index (χ2n) is 6.15. The molecule has 0 radical (unpaired) electrons. The molecule has 1 fully saturated rings. The van der Waals surface area contributed by atoms with E-state index >= 15 is 0 Å². The summed E-state index contributed by atoms with van der Waals surface area (Å²) in [5.41, 5.74) is 9.32. The predicted octanol–water partition coefficient (Wildman–Crippen LogP) is 3.11. The third kappa shape index (κ3) is 3.77. The topological polar surface area (TPSA) is 29.3 Å². The highest BCUT2D eigenvalue weighted by Gasteiger charge is 2.22. The Labute approximate surface area is 122 Å².